The van der Waals surface area contributed by atoms with E-state index in [1.54, 1.807) is 18.2 Å². The van der Waals surface area contributed by atoms with Gasteiger partial charge in [-0.1, -0.05) is 48.5 Å². The van der Waals surface area contributed by atoms with E-state index in [1.807, 2.05) is 30.3 Å². The average molecular weight is 327 g/mol. The number of carbonyl (C=O) groups excluding carboxylic acids is 2. The number of rotatable bonds is 3. The summed E-state index contributed by atoms with van der Waals surface area (Å²) < 4.78 is 13.7. The highest BCUT2D eigenvalue weighted by molar-refractivity contribution is 5.89. The Balaban J connectivity index is 1.74. The Hall–Kier alpha value is -2.89. The minimum absolute atomic E-state index is 0.0745. The van der Waals surface area contributed by atoms with E-state index in [1.165, 1.54) is 11.0 Å². The van der Waals surface area contributed by atoms with Crippen molar-refractivity contribution >= 4 is 11.9 Å². The first-order valence-electron chi connectivity index (χ1n) is 7.77. The van der Waals surface area contributed by atoms with Gasteiger partial charge in [-0.2, -0.15) is 0 Å². The van der Waals surface area contributed by atoms with Crippen molar-refractivity contribution in [2.45, 2.75) is 12.6 Å². The normalized spacial score (nSPS) is 17.3. The van der Waals surface area contributed by atoms with Crippen LogP contribution in [0.3, 0.4) is 0 Å². The molecule has 3 amide bonds. The molecule has 124 valence electrons. The predicted octanol–water partition coefficient (Wildman–Crippen LogP) is 2.21. The minimum atomic E-state index is -0.680. The highest BCUT2D eigenvalue weighted by atomic mass is 19.1. The summed E-state index contributed by atoms with van der Waals surface area (Å²) in [5.41, 5.74) is 1.15. The number of piperazine rings is 1. The zero-order valence-corrected chi connectivity index (χ0v) is 13.0. The van der Waals surface area contributed by atoms with Crippen LogP contribution in [-0.4, -0.2) is 29.9 Å². The number of nitrogens with one attached hydrogen (secondary N) is 2. The van der Waals surface area contributed by atoms with Crippen molar-refractivity contribution in [1.82, 2.24) is 15.5 Å². The summed E-state index contributed by atoms with van der Waals surface area (Å²) in [6.07, 6.45) is 0. The molecule has 5 nitrogen and oxygen atoms in total. The summed E-state index contributed by atoms with van der Waals surface area (Å²) in [5.74, 6) is -0.581. The third kappa shape index (κ3) is 3.37. The fourth-order valence-electron chi connectivity index (χ4n) is 2.77. The standard InChI is InChI=1S/C18H18FN3O2/c19-15-9-5-4-8-14(15)12-21-18(24)22-11-10-20-17(23)16(22)13-6-2-1-3-7-13/h1-9,16H,10-12H2,(H,20,23)(H,21,24). The van der Waals surface area contributed by atoms with Gasteiger partial charge in [0.05, 0.1) is 0 Å². The SMILES string of the molecule is O=C1NCCN(C(=O)NCc2ccccc2F)C1c1ccccc1. The van der Waals surface area contributed by atoms with Gasteiger partial charge < -0.3 is 15.5 Å². The molecule has 2 aromatic carbocycles. The first kappa shape index (κ1) is 16.0. The van der Waals surface area contributed by atoms with Crippen molar-refractivity contribution in [3.05, 3.63) is 71.5 Å². The van der Waals surface area contributed by atoms with Crippen molar-refractivity contribution in [2.24, 2.45) is 0 Å². The van der Waals surface area contributed by atoms with Gasteiger partial charge in [-0.25, -0.2) is 9.18 Å². The van der Waals surface area contributed by atoms with E-state index >= 15 is 0 Å². The molecule has 2 N–H and O–H groups in total. The first-order chi connectivity index (χ1) is 11.7. The molecule has 24 heavy (non-hydrogen) atoms. The number of halogens is 1. The van der Waals surface area contributed by atoms with Gasteiger partial charge in [-0.15, -0.1) is 0 Å². The van der Waals surface area contributed by atoms with Crippen molar-refractivity contribution < 1.29 is 14.0 Å². The number of benzene rings is 2. The molecule has 1 aliphatic heterocycles. The third-order valence-electron chi connectivity index (χ3n) is 3.98. The molecule has 6 heteroatoms. The Morgan fingerprint density at radius 1 is 1.17 bits per heavy atom. The number of carbonyl (C=O) groups is 2. The Labute approximate surface area is 139 Å². The lowest BCUT2D eigenvalue weighted by Crippen LogP contribution is -2.54. The summed E-state index contributed by atoms with van der Waals surface area (Å²) in [7, 11) is 0. The van der Waals surface area contributed by atoms with Crippen LogP contribution in [0, 0.1) is 5.82 Å². The van der Waals surface area contributed by atoms with Crippen molar-refractivity contribution in [3.8, 4) is 0 Å². The summed E-state index contributed by atoms with van der Waals surface area (Å²) in [6, 6.07) is 14.3. The number of amides is 3. The molecule has 1 aliphatic rings. The fraction of sp³-hybridized carbons (Fsp3) is 0.222. The molecule has 1 unspecified atom stereocenters. The van der Waals surface area contributed by atoms with Crippen LogP contribution >= 0.6 is 0 Å². The highest BCUT2D eigenvalue weighted by Gasteiger charge is 2.34. The smallest absolute Gasteiger partial charge is 0.318 e. The second-order valence-electron chi connectivity index (χ2n) is 5.55. The van der Waals surface area contributed by atoms with Gasteiger partial charge in [-0.05, 0) is 11.6 Å². The zero-order chi connectivity index (χ0) is 16.9. The predicted molar refractivity (Wildman–Crippen MR) is 87.5 cm³/mol. The zero-order valence-electron chi connectivity index (χ0n) is 13.0. The monoisotopic (exact) mass is 327 g/mol. The van der Waals surface area contributed by atoms with E-state index in [0.717, 1.165) is 5.56 Å². The van der Waals surface area contributed by atoms with Gasteiger partial charge >= 0.3 is 6.03 Å². The van der Waals surface area contributed by atoms with Gasteiger partial charge in [0.15, 0.2) is 0 Å². The maximum atomic E-state index is 13.7. The Morgan fingerprint density at radius 2 is 1.88 bits per heavy atom. The molecule has 0 spiro atoms. The first-order valence-corrected chi connectivity index (χ1v) is 7.77. The van der Waals surface area contributed by atoms with Crippen LogP contribution in [0.25, 0.3) is 0 Å². The molecule has 0 radical (unpaired) electrons. The molecule has 1 saturated heterocycles. The summed E-state index contributed by atoms with van der Waals surface area (Å²) in [6.45, 7) is 0.870. The summed E-state index contributed by atoms with van der Waals surface area (Å²) >= 11 is 0. The quantitative estimate of drug-likeness (QED) is 0.908. The topological polar surface area (TPSA) is 61.4 Å². The Kier molecular flexibility index (Phi) is 4.74. The lowest BCUT2D eigenvalue weighted by molar-refractivity contribution is -0.127. The molecule has 0 bridgehead atoms. The number of hydrogen-bond donors (Lipinski definition) is 2. The minimum Gasteiger partial charge on any atom is -0.352 e. The van der Waals surface area contributed by atoms with Crippen LogP contribution in [0.2, 0.25) is 0 Å². The maximum Gasteiger partial charge on any atom is 0.318 e. The molecular weight excluding hydrogens is 309 g/mol. The average Bonchev–Trinajstić information content (AvgIpc) is 2.61. The Morgan fingerprint density at radius 3 is 2.62 bits per heavy atom. The Bertz CT molecular complexity index is 736. The van der Waals surface area contributed by atoms with Gasteiger partial charge in [0.2, 0.25) is 5.91 Å². The molecule has 0 saturated carbocycles. The molecule has 2 aromatic rings. The largest absolute Gasteiger partial charge is 0.352 e. The van der Waals surface area contributed by atoms with E-state index in [9.17, 15) is 14.0 Å². The van der Waals surface area contributed by atoms with E-state index in [4.69, 9.17) is 0 Å². The van der Waals surface area contributed by atoms with Gasteiger partial charge in [0.25, 0.3) is 0 Å². The molecule has 1 heterocycles. The van der Waals surface area contributed by atoms with Crippen molar-refractivity contribution in [1.29, 1.82) is 0 Å². The van der Waals surface area contributed by atoms with E-state index in [2.05, 4.69) is 10.6 Å². The summed E-state index contributed by atoms with van der Waals surface area (Å²) in [4.78, 5) is 26.3. The van der Waals surface area contributed by atoms with Crippen LogP contribution in [0.4, 0.5) is 9.18 Å². The molecule has 0 aliphatic carbocycles. The van der Waals surface area contributed by atoms with Crippen LogP contribution < -0.4 is 10.6 Å². The van der Waals surface area contributed by atoms with E-state index in [0.29, 0.717) is 18.7 Å². The second kappa shape index (κ2) is 7.12. The number of nitrogens with zero attached hydrogens (tertiary/aromatic N) is 1. The highest BCUT2D eigenvalue weighted by Crippen LogP contribution is 2.23. The van der Waals surface area contributed by atoms with E-state index in [-0.39, 0.29) is 24.3 Å². The number of hydrogen-bond acceptors (Lipinski definition) is 2. The lowest BCUT2D eigenvalue weighted by atomic mass is 10.0. The van der Waals surface area contributed by atoms with Crippen LogP contribution in [-0.2, 0) is 11.3 Å². The van der Waals surface area contributed by atoms with E-state index < -0.39 is 6.04 Å². The fourth-order valence-corrected chi connectivity index (χ4v) is 2.77. The molecule has 0 aromatic heterocycles. The third-order valence-corrected chi connectivity index (χ3v) is 3.98. The van der Waals surface area contributed by atoms with Crippen molar-refractivity contribution in [3.63, 3.8) is 0 Å². The van der Waals surface area contributed by atoms with Crippen LogP contribution in [0.5, 0.6) is 0 Å². The molecule has 3 rings (SSSR count). The second-order valence-corrected chi connectivity index (χ2v) is 5.55. The van der Waals surface area contributed by atoms with Crippen LogP contribution in [0.15, 0.2) is 54.6 Å². The maximum absolute atomic E-state index is 13.7. The molecule has 1 atom stereocenters. The van der Waals surface area contributed by atoms with Crippen molar-refractivity contribution in [2.75, 3.05) is 13.1 Å². The molecular formula is C18H18FN3O2. The summed E-state index contributed by atoms with van der Waals surface area (Å²) in [5, 5.41) is 5.47. The van der Waals surface area contributed by atoms with Gasteiger partial charge in [-0.3, -0.25) is 4.79 Å². The van der Waals surface area contributed by atoms with Gasteiger partial charge in [0.1, 0.15) is 11.9 Å². The number of urea groups is 1. The van der Waals surface area contributed by atoms with Crippen LogP contribution in [0.1, 0.15) is 17.2 Å². The van der Waals surface area contributed by atoms with Gasteiger partial charge in [0, 0.05) is 25.2 Å². The lowest BCUT2D eigenvalue weighted by Gasteiger charge is -2.35. The molecule has 1 fully saturated rings.